The number of nitrogens with zero attached hydrogens (tertiary/aromatic N) is 5. The van der Waals surface area contributed by atoms with Crippen molar-refractivity contribution in [3.63, 3.8) is 0 Å². The Labute approximate surface area is 144 Å². The molecular weight excluding hydrogens is 316 g/mol. The number of ether oxygens (including phenoxy) is 1. The average molecular weight is 334 g/mol. The molecule has 126 valence electrons. The lowest BCUT2D eigenvalue weighted by Crippen LogP contribution is -2.08. The number of hydrogen-bond acceptors (Lipinski definition) is 5. The van der Waals surface area contributed by atoms with Crippen molar-refractivity contribution in [1.82, 2.24) is 24.4 Å². The molecule has 1 N–H and O–H groups in total. The predicted molar refractivity (Wildman–Crippen MR) is 95.7 cm³/mol. The highest BCUT2D eigenvalue weighted by molar-refractivity contribution is 5.77. The highest BCUT2D eigenvalue weighted by Crippen LogP contribution is 2.23. The molecule has 0 bridgehead atoms. The number of benzene rings is 1. The number of anilines is 1. The number of para-hydroxylation sites is 1. The van der Waals surface area contributed by atoms with Gasteiger partial charge in [0.1, 0.15) is 12.4 Å². The highest BCUT2D eigenvalue weighted by atomic mass is 16.5. The highest BCUT2D eigenvalue weighted by Gasteiger charge is 2.10. The van der Waals surface area contributed by atoms with Gasteiger partial charge in [-0.3, -0.25) is 4.68 Å². The standard InChI is InChI=1S/C18H18N6O/c1-19-18-21-17-16(8-5-9-24(17)22-18)14-12-20-23(13-14)10-11-25-15-6-3-2-4-7-15/h2-9,12-13H,10-11H2,1H3,(H,19,22). The fourth-order valence-corrected chi connectivity index (χ4v) is 2.64. The first-order valence-electron chi connectivity index (χ1n) is 8.07. The van der Waals surface area contributed by atoms with Crippen LogP contribution in [0.2, 0.25) is 0 Å². The third-order valence-electron chi connectivity index (χ3n) is 3.86. The second-order valence-corrected chi connectivity index (χ2v) is 5.53. The van der Waals surface area contributed by atoms with Crippen LogP contribution in [-0.2, 0) is 6.54 Å². The Morgan fingerprint density at radius 2 is 2.00 bits per heavy atom. The Morgan fingerprint density at radius 1 is 1.12 bits per heavy atom. The van der Waals surface area contributed by atoms with Gasteiger partial charge in [-0.25, -0.2) is 4.52 Å². The van der Waals surface area contributed by atoms with Crippen LogP contribution in [0.4, 0.5) is 5.95 Å². The lowest BCUT2D eigenvalue weighted by Gasteiger charge is -2.05. The molecule has 4 rings (SSSR count). The third-order valence-corrected chi connectivity index (χ3v) is 3.86. The second kappa shape index (κ2) is 6.64. The molecule has 0 aliphatic carbocycles. The van der Waals surface area contributed by atoms with E-state index < -0.39 is 0 Å². The van der Waals surface area contributed by atoms with E-state index in [4.69, 9.17) is 4.74 Å². The zero-order valence-electron chi connectivity index (χ0n) is 13.8. The van der Waals surface area contributed by atoms with E-state index in [1.54, 1.807) is 11.6 Å². The summed E-state index contributed by atoms with van der Waals surface area (Å²) in [4.78, 5) is 4.50. The monoisotopic (exact) mass is 334 g/mol. The summed E-state index contributed by atoms with van der Waals surface area (Å²) in [6, 6.07) is 13.7. The van der Waals surface area contributed by atoms with E-state index in [0.29, 0.717) is 19.1 Å². The molecule has 7 heteroatoms. The summed E-state index contributed by atoms with van der Waals surface area (Å²) in [6.45, 7) is 1.23. The topological polar surface area (TPSA) is 69.3 Å². The molecule has 0 amide bonds. The van der Waals surface area contributed by atoms with E-state index in [0.717, 1.165) is 22.5 Å². The molecule has 1 aromatic carbocycles. The Morgan fingerprint density at radius 3 is 2.84 bits per heavy atom. The fraction of sp³-hybridized carbons (Fsp3) is 0.167. The van der Waals surface area contributed by atoms with Gasteiger partial charge in [0.15, 0.2) is 5.65 Å². The van der Waals surface area contributed by atoms with Gasteiger partial charge in [0.05, 0.1) is 12.7 Å². The van der Waals surface area contributed by atoms with Gasteiger partial charge in [0.2, 0.25) is 5.95 Å². The van der Waals surface area contributed by atoms with E-state index in [2.05, 4.69) is 20.5 Å². The van der Waals surface area contributed by atoms with Gasteiger partial charge >= 0.3 is 0 Å². The van der Waals surface area contributed by atoms with Crippen LogP contribution in [0.1, 0.15) is 0 Å². The maximum absolute atomic E-state index is 5.72. The summed E-state index contributed by atoms with van der Waals surface area (Å²) >= 11 is 0. The Bertz CT molecular complexity index is 976. The van der Waals surface area contributed by atoms with Crippen molar-refractivity contribution >= 4 is 11.6 Å². The Balaban J connectivity index is 1.50. The van der Waals surface area contributed by atoms with Gasteiger partial charge in [-0.2, -0.15) is 10.1 Å². The summed E-state index contributed by atoms with van der Waals surface area (Å²) < 4.78 is 9.35. The minimum absolute atomic E-state index is 0.560. The minimum Gasteiger partial charge on any atom is -0.492 e. The molecule has 0 fully saturated rings. The maximum atomic E-state index is 5.72. The number of nitrogens with one attached hydrogen (secondary N) is 1. The molecule has 3 aromatic heterocycles. The normalized spacial score (nSPS) is 10.9. The van der Waals surface area contributed by atoms with Gasteiger partial charge in [0, 0.05) is 30.6 Å². The van der Waals surface area contributed by atoms with Crippen molar-refractivity contribution in [3.05, 3.63) is 61.1 Å². The molecule has 25 heavy (non-hydrogen) atoms. The molecule has 4 aromatic rings. The van der Waals surface area contributed by atoms with E-state index >= 15 is 0 Å². The van der Waals surface area contributed by atoms with Crippen molar-refractivity contribution in [2.75, 3.05) is 19.0 Å². The smallest absolute Gasteiger partial charge is 0.242 e. The zero-order chi connectivity index (χ0) is 17.1. The SMILES string of the molecule is CNc1nc2c(-c3cnn(CCOc4ccccc4)c3)cccn2n1. The molecule has 7 nitrogen and oxygen atoms in total. The van der Waals surface area contributed by atoms with Crippen LogP contribution in [0.15, 0.2) is 61.1 Å². The van der Waals surface area contributed by atoms with E-state index in [-0.39, 0.29) is 0 Å². The fourth-order valence-electron chi connectivity index (χ4n) is 2.64. The Hall–Kier alpha value is -3.35. The van der Waals surface area contributed by atoms with E-state index in [1.165, 1.54) is 0 Å². The first-order valence-corrected chi connectivity index (χ1v) is 8.07. The molecule has 0 saturated heterocycles. The lowest BCUT2D eigenvalue weighted by atomic mass is 10.1. The molecule has 3 heterocycles. The van der Waals surface area contributed by atoms with Crippen LogP contribution < -0.4 is 10.1 Å². The van der Waals surface area contributed by atoms with Crippen molar-refractivity contribution in [2.45, 2.75) is 6.54 Å². The minimum atomic E-state index is 0.560. The first-order chi connectivity index (χ1) is 12.3. The molecule has 0 radical (unpaired) electrons. The summed E-state index contributed by atoms with van der Waals surface area (Å²) in [6.07, 6.45) is 5.72. The number of hydrogen-bond donors (Lipinski definition) is 1. The van der Waals surface area contributed by atoms with E-state index in [9.17, 15) is 0 Å². The largest absolute Gasteiger partial charge is 0.492 e. The quantitative estimate of drug-likeness (QED) is 0.587. The van der Waals surface area contributed by atoms with Crippen molar-refractivity contribution in [2.24, 2.45) is 0 Å². The average Bonchev–Trinajstić information content (AvgIpc) is 3.29. The number of aromatic nitrogens is 5. The van der Waals surface area contributed by atoms with Crippen molar-refractivity contribution < 1.29 is 4.74 Å². The van der Waals surface area contributed by atoms with Crippen LogP contribution in [-0.4, -0.2) is 38.0 Å². The molecule has 0 unspecified atom stereocenters. The molecular formula is C18H18N6O. The number of pyridine rings is 1. The zero-order valence-corrected chi connectivity index (χ0v) is 13.8. The van der Waals surface area contributed by atoms with Crippen LogP contribution in [0.5, 0.6) is 5.75 Å². The molecule has 0 saturated carbocycles. The van der Waals surface area contributed by atoms with Crippen LogP contribution >= 0.6 is 0 Å². The van der Waals surface area contributed by atoms with Gasteiger partial charge in [-0.05, 0) is 24.3 Å². The predicted octanol–water partition coefficient (Wildman–Crippen LogP) is 2.71. The second-order valence-electron chi connectivity index (χ2n) is 5.53. The molecule has 0 aliphatic rings. The molecule has 0 aliphatic heterocycles. The van der Waals surface area contributed by atoms with Gasteiger partial charge < -0.3 is 10.1 Å². The molecule has 0 spiro atoms. The Kier molecular flexibility index (Phi) is 4.04. The summed E-state index contributed by atoms with van der Waals surface area (Å²) in [5.41, 5.74) is 2.79. The maximum Gasteiger partial charge on any atom is 0.242 e. The van der Waals surface area contributed by atoms with Gasteiger partial charge in [-0.1, -0.05) is 18.2 Å². The van der Waals surface area contributed by atoms with Crippen LogP contribution in [0.3, 0.4) is 0 Å². The number of fused-ring (bicyclic) bond motifs is 1. The van der Waals surface area contributed by atoms with Gasteiger partial charge in [0.25, 0.3) is 0 Å². The number of rotatable bonds is 6. The summed E-state index contributed by atoms with van der Waals surface area (Å²) in [7, 11) is 1.80. The first kappa shape index (κ1) is 15.2. The summed E-state index contributed by atoms with van der Waals surface area (Å²) in [5.74, 6) is 1.46. The molecule has 0 atom stereocenters. The van der Waals surface area contributed by atoms with Crippen LogP contribution in [0.25, 0.3) is 16.8 Å². The van der Waals surface area contributed by atoms with Crippen molar-refractivity contribution in [3.8, 4) is 16.9 Å². The third kappa shape index (κ3) is 3.16. The van der Waals surface area contributed by atoms with Crippen molar-refractivity contribution in [1.29, 1.82) is 0 Å². The van der Waals surface area contributed by atoms with Crippen LogP contribution in [0, 0.1) is 0 Å². The van der Waals surface area contributed by atoms with E-state index in [1.807, 2.05) is 65.7 Å². The lowest BCUT2D eigenvalue weighted by molar-refractivity contribution is 0.291. The van der Waals surface area contributed by atoms with Gasteiger partial charge in [-0.15, -0.1) is 5.10 Å². The summed E-state index contributed by atoms with van der Waals surface area (Å²) in [5, 5.41) is 11.7.